The van der Waals surface area contributed by atoms with Crippen LogP contribution in [0.2, 0.25) is 10.0 Å². The summed E-state index contributed by atoms with van der Waals surface area (Å²) in [5.41, 5.74) is 1.66. The predicted octanol–water partition coefficient (Wildman–Crippen LogP) is 8.12. The maximum Gasteiger partial charge on any atom is 0.387 e. The van der Waals surface area contributed by atoms with Gasteiger partial charge >= 0.3 is 12.6 Å². The van der Waals surface area contributed by atoms with E-state index in [1.807, 2.05) is 6.92 Å². The van der Waals surface area contributed by atoms with Crippen LogP contribution in [0.3, 0.4) is 0 Å². The molecule has 13 heteroatoms. The van der Waals surface area contributed by atoms with E-state index in [9.17, 15) is 22.0 Å². The molecule has 5 rings (SSSR count). The third-order valence-corrected chi connectivity index (χ3v) is 10.2. The van der Waals surface area contributed by atoms with Crippen LogP contribution in [0.1, 0.15) is 45.3 Å². The summed E-state index contributed by atoms with van der Waals surface area (Å²) >= 11 is 13.7. The summed E-state index contributed by atoms with van der Waals surface area (Å²) in [6, 6.07) is 11.8. The van der Waals surface area contributed by atoms with E-state index in [1.54, 1.807) is 12.1 Å². The van der Waals surface area contributed by atoms with Gasteiger partial charge in [-0.2, -0.15) is 8.78 Å². The first kappa shape index (κ1) is 31.2. The fraction of sp³-hybridized carbons (Fsp3) is 0.267. The van der Waals surface area contributed by atoms with Crippen molar-refractivity contribution in [2.45, 2.75) is 48.7 Å². The van der Waals surface area contributed by atoms with Gasteiger partial charge in [-0.25, -0.2) is 13.2 Å². The lowest BCUT2D eigenvalue weighted by atomic mass is 10.0. The summed E-state index contributed by atoms with van der Waals surface area (Å²) in [4.78, 5) is 17.3. The van der Waals surface area contributed by atoms with Gasteiger partial charge in [-0.15, -0.1) is 11.3 Å². The number of nitrogens with zero attached hydrogens (tertiary/aromatic N) is 1. The SMILES string of the molecule is Cc1ccc(S(=O)(=O)c2ccsc2C(=O)O[C@@H](Cc2c(Cl)cncc2Cl)c2ccc(OC(F)F)c(OCC3CC3)c2)cc1. The van der Waals surface area contributed by atoms with E-state index >= 15 is 0 Å². The second-order valence-electron chi connectivity index (χ2n) is 9.95. The molecule has 7 nitrogen and oxygen atoms in total. The first-order valence-corrected chi connectivity index (χ1v) is 16.2. The number of benzene rings is 2. The van der Waals surface area contributed by atoms with Crippen LogP contribution in [0.25, 0.3) is 0 Å². The highest BCUT2D eigenvalue weighted by Crippen LogP contribution is 2.39. The Kier molecular flexibility index (Phi) is 9.55. The molecule has 1 aliphatic rings. The minimum absolute atomic E-state index is 0.0320. The molecule has 2 aromatic heterocycles. The van der Waals surface area contributed by atoms with Crippen molar-refractivity contribution in [1.82, 2.24) is 4.98 Å². The Labute approximate surface area is 261 Å². The van der Waals surface area contributed by atoms with Crippen LogP contribution in [-0.4, -0.2) is 32.6 Å². The first-order valence-electron chi connectivity index (χ1n) is 13.1. The van der Waals surface area contributed by atoms with Crippen molar-refractivity contribution in [3.05, 3.63) is 97.9 Å². The van der Waals surface area contributed by atoms with Crippen molar-refractivity contribution >= 4 is 50.3 Å². The van der Waals surface area contributed by atoms with E-state index in [0.717, 1.165) is 29.7 Å². The Hall–Kier alpha value is -3.25. The Balaban J connectivity index is 1.50. The summed E-state index contributed by atoms with van der Waals surface area (Å²) in [6.45, 7) is -0.935. The van der Waals surface area contributed by atoms with Crippen LogP contribution in [0.15, 0.2) is 76.1 Å². The number of aryl methyl sites for hydroxylation is 1. The zero-order chi connectivity index (χ0) is 30.7. The van der Waals surface area contributed by atoms with Gasteiger partial charge in [0.05, 0.1) is 26.4 Å². The molecule has 1 atom stereocenters. The molecule has 1 fully saturated rings. The second-order valence-corrected chi connectivity index (χ2v) is 13.6. The highest BCUT2D eigenvalue weighted by atomic mass is 35.5. The van der Waals surface area contributed by atoms with Gasteiger partial charge in [0, 0.05) is 18.8 Å². The fourth-order valence-electron chi connectivity index (χ4n) is 4.25. The van der Waals surface area contributed by atoms with Crippen molar-refractivity contribution in [3.8, 4) is 11.5 Å². The number of ether oxygens (including phenoxy) is 3. The number of carbonyl (C=O) groups excluding carboxylic acids is 1. The van der Waals surface area contributed by atoms with Crippen LogP contribution in [0.5, 0.6) is 11.5 Å². The van der Waals surface area contributed by atoms with E-state index < -0.39 is 28.5 Å². The van der Waals surface area contributed by atoms with Crippen molar-refractivity contribution in [1.29, 1.82) is 0 Å². The van der Waals surface area contributed by atoms with E-state index in [0.29, 0.717) is 23.7 Å². The molecule has 4 aromatic rings. The monoisotopic (exact) mass is 667 g/mol. The minimum atomic E-state index is -4.04. The number of hydrogen-bond acceptors (Lipinski definition) is 8. The van der Waals surface area contributed by atoms with E-state index in [-0.39, 0.29) is 42.6 Å². The van der Waals surface area contributed by atoms with Crippen LogP contribution in [0, 0.1) is 12.8 Å². The molecule has 226 valence electrons. The van der Waals surface area contributed by atoms with E-state index in [1.165, 1.54) is 54.2 Å². The number of pyridine rings is 1. The number of hydrogen-bond donors (Lipinski definition) is 0. The molecule has 43 heavy (non-hydrogen) atoms. The Morgan fingerprint density at radius 1 is 1.05 bits per heavy atom. The fourth-order valence-corrected chi connectivity index (χ4v) is 7.32. The molecule has 0 radical (unpaired) electrons. The maximum absolute atomic E-state index is 13.6. The molecule has 1 saturated carbocycles. The lowest BCUT2D eigenvalue weighted by Crippen LogP contribution is -2.16. The normalized spacial score (nSPS) is 14.0. The van der Waals surface area contributed by atoms with Gasteiger partial charge in [0.15, 0.2) is 11.5 Å². The lowest BCUT2D eigenvalue weighted by Gasteiger charge is -2.21. The molecule has 0 bridgehead atoms. The smallest absolute Gasteiger partial charge is 0.387 e. The number of carbonyl (C=O) groups is 1. The molecular formula is C30H25Cl2F2NO6S2. The summed E-state index contributed by atoms with van der Waals surface area (Å²) in [6.07, 6.45) is 3.60. The average Bonchev–Trinajstić information content (AvgIpc) is 3.65. The highest BCUT2D eigenvalue weighted by Gasteiger charge is 2.30. The number of halogens is 4. The van der Waals surface area contributed by atoms with Crippen molar-refractivity contribution in [2.75, 3.05) is 6.61 Å². The Bertz CT molecular complexity index is 1710. The minimum Gasteiger partial charge on any atom is -0.489 e. The highest BCUT2D eigenvalue weighted by molar-refractivity contribution is 7.91. The molecule has 0 unspecified atom stereocenters. The average molecular weight is 669 g/mol. The quantitative estimate of drug-likeness (QED) is 0.141. The molecule has 1 aliphatic carbocycles. The molecule has 0 aliphatic heterocycles. The number of thiophene rings is 1. The van der Waals surface area contributed by atoms with Gasteiger partial charge in [0.25, 0.3) is 0 Å². The zero-order valence-corrected chi connectivity index (χ0v) is 25.8. The third kappa shape index (κ3) is 7.46. The summed E-state index contributed by atoms with van der Waals surface area (Å²) in [5.74, 6) is -0.704. The lowest BCUT2D eigenvalue weighted by molar-refractivity contribution is -0.0515. The molecule has 2 aromatic carbocycles. The molecule has 0 saturated heterocycles. The molecule has 2 heterocycles. The largest absolute Gasteiger partial charge is 0.489 e. The standard InChI is InChI=1S/C30H25Cl2F2NO6S2/c1-17-2-7-20(8-3-17)43(37,38)27-10-11-42-28(27)29(36)40-25(13-21-22(31)14-35-15-23(21)32)19-6-9-24(41-30(33)34)26(12-19)39-16-18-4-5-18/h2-3,6-12,14-15,18,25,30H,4-5,13,16H2,1H3/t25-/m0/s1. The first-order chi connectivity index (χ1) is 20.5. The van der Waals surface area contributed by atoms with Crippen LogP contribution in [-0.2, 0) is 21.0 Å². The van der Waals surface area contributed by atoms with Gasteiger partial charge in [-0.1, -0.05) is 47.0 Å². The molecular weight excluding hydrogens is 643 g/mol. The number of rotatable bonds is 12. The topological polar surface area (TPSA) is 91.8 Å². The van der Waals surface area contributed by atoms with Crippen LogP contribution < -0.4 is 9.47 Å². The van der Waals surface area contributed by atoms with E-state index in [2.05, 4.69) is 9.72 Å². The Morgan fingerprint density at radius 3 is 2.40 bits per heavy atom. The molecule has 0 N–H and O–H groups in total. The van der Waals surface area contributed by atoms with Gasteiger partial charge < -0.3 is 14.2 Å². The summed E-state index contributed by atoms with van der Waals surface area (Å²) in [7, 11) is -4.04. The van der Waals surface area contributed by atoms with Gasteiger partial charge in [-0.05, 0) is 72.5 Å². The summed E-state index contributed by atoms with van der Waals surface area (Å²) in [5, 5.41) is 1.93. The Morgan fingerprint density at radius 2 is 1.74 bits per heavy atom. The van der Waals surface area contributed by atoms with E-state index in [4.69, 9.17) is 32.7 Å². The van der Waals surface area contributed by atoms with Gasteiger partial charge in [0.2, 0.25) is 9.84 Å². The van der Waals surface area contributed by atoms with Crippen LogP contribution in [0.4, 0.5) is 8.78 Å². The van der Waals surface area contributed by atoms with Gasteiger partial charge in [-0.3, -0.25) is 4.98 Å². The number of esters is 1. The third-order valence-electron chi connectivity index (χ3n) is 6.75. The summed E-state index contributed by atoms with van der Waals surface area (Å²) < 4.78 is 69.5. The van der Waals surface area contributed by atoms with Gasteiger partial charge in [0.1, 0.15) is 11.0 Å². The number of aromatic nitrogens is 1. The van der Waals surface area contributed by atoms with Crippen molar-refractivity contribution < 1.29 is 36.2 Å². The zero-order valence-electron chi connectivity index (χ0n) is 22.6. The second kappa shape index (κ2) is 13.2. The number of alkyl halides is 2. The number of sulfone groups is 1. The molecule has 0 amide bonds. The van der Waals surface area contributed by atoms with Crippen molar-refractivity contribution in [2.24, 2.45) is 5.92 Å². The van der Waals surface area contributed by atoms with Crippen molar-refractivity contribution in [3.63, 3.8) is 0 Å². The maximum atomic E-state index is 13.6. The molecule has 0 spiro atoms. The predicted molar refractivity (Wildman–Crippen MR) is 158 cm³/mol. The van der Waals surface area contributed by atoms with Crippen LogP contribution >= 0.6 is 34.5 Å².